The van der Waals surface area contributed by atoms with Gasteiger partial charge in [-0.05, 0) is 43.5 Å². The SMILES string of the molecule is CCO[C@H]1C[C@@H](c2ccccc2)OC2(CCN(C(=O)c3ccc(C(F)(F)F)cc3OC)CC2)C1. The minimum absolute atomic E-state index is 0.0706. The first-order valence-corrected chi connectivity index (χ1v) is 11.6. The van der Waals surface area contributed by atoms with Crippen molar-refractivity contribution >= 4 is 5.91 Å². The van der Waals surface area contributed by atoms with Crippen molar-refractivity contribution in [2.24, 2.45) is 0 Å². The Hall–Kier alpha value is -2.58. The van der Waals surface area contributed by atoms with Crippen LogP contribution < -0.4 is 4.74 Å². The Balaban J connectivity index is 1.49. The van der Waals surface area contributed by atoms with E-state index in [-0.39, 0.29) is 29.4 Å². The maximum Gasteiger partial charge on any atom is 0.416 e. The molecule has 0 saturated carbocycles. The number of carbonyl (C=O) groups excluding carboxylic acids is 1. The summed E-state index contributed by atoms with van der Waals surface area (Å²) in [7, 11) is 1.27. The largest absolute Gasteiger partial charge is 0.496 e. The second-order valence-corrected chi connectivity index (χ2v) is 8.92. The van der Waals surface area contributed by atoms with E-state index in [1.165, 1.54) is 13.2 Å². The van der Waals surface area contributed by atoms with Crippen molar-refractivity contribution in [3.8, 4) is 5.75 Å². The van der Waals surface area contributed by atoms with E-state index in [1.807, 2.05) is 25.1 Å². The van der Waals surface area contributed by atoms with Crippen molar-refractivity contribution in [3.05, 3.63) is 65.2 Å². The predicted octanol–water partition coefficient (Wildman–Crippen LogP) is 5.65. The van der Waals surface area contributed by atoms with Crippen LogP contribution in [0.3, 0.4) is 0 Å². The lowest BCUT2D eigenvalue weighted by molar-refractivity contribution is -0.190. The van der Waals surface area contributed by atoms with Gasteiger partial charge in [0.05, 0.1) is 36.0 Å². The zero-order valence-corrected chi connectivity index (χ0v) is 19.4. The molecule has 4 rings (SSSR count). The quantitative estimate of drug-likeness (QED) is 0.559. The number of hydrogen-bond donors (Lipinski definition) is 0. The molecular weight excluding hydrogens is 447 g/mol. The van der Waals surface area contributed by atoms with Crippen LogP contribution in [0.5, 0.6) is 5.75 Å². The van der Waals surface area contributed by atoms with Gasteiger partial charge in [0.2, 0.25) is 0 Å². The summed E-state index contributed by atoms with van der Waals surface area (Å²) < 4.78 is 56.9. The Kier molecular flexibility index (Phi) is 7.19. The molecule has 0 aromatic heterocycles. The fourth-order valence-electron chi connectivity index (χ4n) is 5.02. The molecule has 2 aromatic rings. The monoisotopic (exact) mass is 477 g/mol. The molecule has 2 aliphatic rings. The third-order valence-electron chi connectivity index (χ3n) is 6.76. The summed E-state index contributed by atoms with van der Waals surface area (Å²) in [6.45, 7) is 3.51. The molecule has 2 aromatic carbocycles. The molecule has 5 nitrogen and oxygen atoms in total. The Labute approximate surface area is 197 Å². The van der Waals surface area contributed by atoms with Gasteiger partial charge in [-0.25, -0.2) is 0 Å². The molecule has 1 spiro atoms. The minimum Gasteiger partial charge on any atom is -0.496 e. The molecule has 0 bridgehead atoms. The van der Waals surface area contributed by atoms with Gasteiger partial charge in [0.15, 0.2) is 0 Å². The lowest BCUT2D eigenvalue weighted by atomic mass is 9.80. The number of halogens is 3. The number of nitrogens with zero attached hydrogens (tertiary/aromatic N) is 1. The highest BCUT2D eigenvalue weighted by Gasteiger charge is 2.45. The second-order valence-electron chi connectivity index (χ2n) is 8.92. The maximum absolute atomic E-state index is 13.2. The van der Waals surface area contributed by atoms with Crippen LogP contribution in [0.25, 0.3) is 0 Å². The molecule has 8 heteroatoms. The highest BCUT2D eigenvalue weighted by atomic mass is 19.4. The van der Waals surface area contributed by atoms with Crippen LogP contribution >= 0.6 is 0 Å². The van der Waals surface area contributed by atoms with Crippen LogP contribution in [0.2, 0.25) is 0 Å². The predicted molar refractivity (Wildman–Crippen MR) is 121 cm³/mol. The van der Waals surface area contributed by atoms with E-state index < -0.39 is 17.3 Å². The second kappa shape index (κ2) is 9.96. The standard InChI is InChI=1S/C26H30F3NO4/c1-3-33-20-16-22(18-7-5-4-6-8-18)34-25(17-20)11-13-30(14-12-25)24(31)21-10-9-19(26(27,28)29)15-23(21)32-2/h4-10,15,20,22H,3,11-14,16-17H2,1-2H3/t20-,22-/m0/s1. The third-order valence-corrected chi connectivity index (χ3v) is 6.76. The summed E-state index contributed by atoms with van der Waals surface area (Å²) in [4.78, 5) is 14.8. The van der Waals surface area contributed by atoms with Crippen molar-refractivity contribution in [1.29, 1.82) is 0 Å². The van der Waals surface area contributed by atoms with Crippen molar-refractivity contribution in [2.45, 2.75) is 56.6 Å². The highest BCUT2D eigenvalue weighted by molar-refractivity contribution is 5.97. The van der Waals surface area contributed by atoms with E-state index in [2.05, 4.69) is 12.1 Å². The summed E-state index contributed by atoms with van der Waals surface area (Å²) in [5, 5.41) is 0. The van der Waals surface area contributed by atoms with Gasteiger partial charge >= 0.3 is 6.18 Å². The molecule has 0 unspecified atom stereocenters. The van der Waals surface area contributed by atoms with Crippen LogP contribution in [-0.2, 0) is 15.7 Å². The van der Waals surface area contributed by atoms with E-state index >= 15 is 0 Å². The van der Waals surface area contributed by atoms with Gasteiger partial charge in [-0.3, -0.25) is 4.79 Å². The fraction of sp³-hybridized carbons (Fsp3) is 0.500. The van der Waals surface area contributed by atoms with Crippen molar-refractivity contribution < 1.29 is 32.2 Å². The van der Waals surface area contributed by atoms with Gasteiger partial charge in [0, 0.05) is 32.5 Å². The van der Waals surface area contributed by atoms with Crippen molar-refractivity contribution in [1.82, 2.24) is 4.90 Å². The molecule has 2 fully saturated rings. The summed E-state index contributed by atoms with van der Waals surface area (Å²) in [5.74, 6) is -0.410. The average molecular weight is 478 g/mol. The van der Waals surface area contributed by atoms with Gasteiger partial charge in [-0.1, -0.05) is 30.3 Å². The zero-order chi connectivity index (χ0) is 24.3. The highest BCUT2D eigenvalue weighted by Crippen LogP contribution is 2.44. The summed E-state index contributed by atoms with van der Waals surface area (Å²) in [5.41, 5.74) is -0.00719. The zero-order valence-electron chi connectivity index (χ0n) is 19.4. The molecule has 2 saturated heterocycles. The molecule has 184 valence electrons. The third kappa shape index (κ3) is 5.23. The number of carbonyl (C=O) groups is 1. The van der Waals surface area contributed by atoms with E-state index in [0.29, 0.717) is 32.5 Å². The topological polar surface area (TPSA) is 48.0 Å². The molecule has 1 amide bonds. The number of alkyl halides is 3. The average Bonchev–Trinajstić information content (AvgIpc) is 2.83. The Morgan fingerprint density at radius 3 is 2.47 bits per heavy atom. The number of benzene rings is 2. The first-order chi connectivity index (χ1) is 16.2. The number of ether oxygens (including phenoxy) is 3. The van der Waals surface area contributed by atoms with Crippen molar-refractivity contribution in [3.63, 3.8) is 0 Å². The first kappa shape index (κ1) is 24.5. The lowest BCUT2D eigenvalue weighted by Gasteiger charge is -2.48. The van der Waals surface area contributed by atoms with Crippen LogP contribution in [-0.4, -0.2) is 49.3 Å². The number of rotatable bonds is 5. The Morgan fingerprint density at radius 2 is 1.85 bits per heavy atom. The molecule has 0 aliphatic carbocycles. The molecule has 0 N–H and O–H groups in total. The number of hydrogen-bond acceptors (Lipinski definition) is 4. The number of likely N-dealkylation sites (tertiary alicyclic amines) is 1. The maximum atomic E-state index is 13.2. The summed E-state index contributed by atoms with van der Waals surface area (Å²) >= 11 is 0. The molecule has 34 heavy (non-hydrogen) atoms. The van der Waals surface area contributed by atoms with E-state index in [1.54, 1.807) is 4.90 Å². The Morgan fingerprint density at radius 1 is 1.15 bits per heavy atom. The molecular formula is C26H30F3NO4. The van der Waals surface area contributed by atoms with E-state index in [0.717, 1.165) is 30.5 Å². The van der Waals surface area contributed by atoms with E-state index in [4.69, 9.17) is 14.2 Å². The van der Waals surface area contributed by atoms with Gasteiger partial charge in [0.1, 0.15) is 5.75 Å². The molecule has 2 aliphatic heterocycles. The fourth-order valence-corrected chi connectivity index (χ4v) is 5.02. The van der Waals surface area contributed by atoms with E-state index in [9.17, 15) is 18.0 Å². The molecule has 2 heterocycles. The number of piperidine rings is 1. The number of amides is 1. The minimum atomic E-state index is -4.50. The lowest BCUT2D eigenvalue weighted by Crippen LogP contribution is -2.52. The molecule has 0 radical (unpaired) electrons. The summed E-state index contributed by atoms with van der Waals surface area (Å²) in [6.07, 6.45) is -1.70. The van der Waals surface area contributed by atoms with Gasteiger partial charge in [-0.15, -0.1) is 0 Å². The van der Waals surface area contributed by atoms with Crippen LogP contribution in [0.4, 0.5) is 13.2 Å². The smallest absolute Gasteiger partial charge is 0.416 e. The van der Waals surface area contributed by atoms with Crippen LogP contribution in [0.1, 0.15) is 60.2 Å². The van der Waals surface area contributed by atoms with Gasteiger partial charge in [-0.2, -0.15) is 13.2 Å². The molecule has 2 atom stereocenters. The van der Waals surface area contributed by atoms with Crippen molar-refractivity contribution in [2.75, 3.05) is 26.8 Å². The number of methoxy groups -OCH3 is 1. The summed E-state index contributed by atoms with van der Waals surface area (Å²) in [6, 6.07) is 13.1. The van der Waals surface area contributed by atoms with Crippen LogP contribution in [0, 0.1) is 0 Å². The normalized spacial score (nSPS) is 22.6. The van der Waals surface area contributed by atoms with Crippen LogP contribution in [0.15, 0.2) is 48.5 Å². The van der Waals surface area contributed by atoms with Gasteiger partial charge < -0.3 is 19.1 Å². The Bertz CT molecular complexity index is 987. The first-order valence-electron chi connectivity index (χ1n) is 11.6. The van der Waals surface area contributed by atoms with Gasteiger partial charge in [0.25, 0.3) is 5.91 Å².